The van der Waals surface area contributed by atoms with Gasteiger partial charge in [0.2, 0.25) is 4.80 Å². The highest BCUT2D eigenvalue weighted by atomic mass is 35.5. The molecule has 0 amide bonds. The van der Waals surface area contributed by atoms with E-state index in [0.29, 0.717) is 26.5 Å². The fourth-order valence-corrected chi connectivity index (χ4v) is 4.39. The van der Waals surface area contributed by atoms with Gasteiger partial charge in [0.15, 0.2) is 5.76 Å². The molecule has 2 heterocycles. The Morgan fingerprint density at radius 3 is 2.52 bits per heavy atom. The standard InChI is InChI=1S/C23H18Cl2N4O3S/c1-14(2)15-3-6-17(7-4-15)27-23-28(26-12-18-8-10-22(32-18)29(30)31)21(13-33-23)19-9-5-16(24)11-20(19)25/h3-14H,1-2H3. The van der Waals surface area contributed by atoms with Crippen molar-refractivity contribution in [2.24, 2.45) is 10.1 Å². The molecule has 0 spiro atoms. The van der Waals surface area contributed by atoms with Gasteiger partial charge in [-0.15, -0.1) is 11.3 Å². The van der Waals surface area contributed by atoms with E-state index in [0.717, 1.165) is 11.3 Å². The van der Waals surface area contributed by atoms with Crippen molar-refractivity contribution < 1.29 is 9.34 Å². The van der Waals surface area contributed by atoms with Crippen LogP contribution in [0.15, 0.2) is 74.5 Å². The van der Waals surface area contributed by atoms with Crippen molar-refractivity contribution in [1.29, 1.82) is 0 Å². The Morgan fingerprint density at radius 2 is 1.88 bits per heavy atom. The molecule has 0 aliphatic rings. The minimum atomic E-state index is -0.602. The predicted molar refractivity (Wildman–Crippen MR) is 132 cm³/mol. The second-order valence-corrected chi connectivity index (χ2v) is 9.06. The van der Waals surface area contributed by atoms with Gasteiger partial charge in [0.05, 0.1) is 28.7 Å². The molecule has 0 fully saturated rings. The molecule has 0 aliphatic heterocycles. The third kappa shape index (κ3) is 5.24. The first-order valence-electron chi connectivity index (χ1n) is 9.91. The summed E-state index contributed by atoms with van der Waals surface area (Å²) < 4.78 is 6.81. The summed E-state index contributed by atoms with van der Waals surface area (Å²) in [5, 5.41) is 18.3. The summed E-state index contributed by atoms with van der Waals surface area (Å²) >= 11 is 13.9. The highest BCUT2D eigenvalue weighted by Crippen LogP contribution is 2.31. The van der Waals surface area contributed by atoms with Gasteiger partial charge in [-0.05, 0) is 47.9 Å². The zero-order valence-electron chi connectivity index (χ0n) is 17.6. The quantitative estimate of drug-likeness (QED) is 0.158. The molecule has 4 rings (SSSR count). The summed E-state index contributed by atoms with van der Waals surface area (Å²) in [6, 6.07) is 15.9. The second-order valence-electron chi connectivity index (χ2n) is 7.38. The monoisotopic (exact) mass is 500 g/mol. The summed E-state index contributed by atoms with van der Waals surface area (Å²) in [4.78, 5) is 15.6. The maximum absolute atomic E-state index is 10.9. The van der Waals surface area contributed by atoms with Crippen molar-refractivity contribution in [1.82, 2.24) is 4.68 Å². The number of halogens is 2. The van der Waals surface area contributed by atoms with Crippen molar-refractivity contribution in [2.75, 3.05) is 0 Å². The molecule has 7 nitrogen and oxygen atoms in total. The smallest absolute Gasteiger partial charge is 0.400 e. The van der Waals surface area contributed by atoms with Crippen LogP contribution in [0.25, 0.3) is 11.3 Å². The lowest BCUT2D eigenvalue weighted by molar-refractivity contribution is -0.402. The lowest BCUT2D eigenvalue weighted by Crippen LogP contribution is -2.11. The molecule has 33 heavy (non-hydrogen) atoms. The highest BCUT2D eigenvalue weighted by molar-refractivity contribution is 7.07. The van der Waals surface area contributed by atoms with Gasteiger partial charge in [-0.2, -0.15) is 5.10 Å². The van der Waals surface area contributed by atoms with E-state index in [9.17, 15) is 10.1 Å². The van der Waals surface area contributed by atoms with Crippen LogP contribution in [0.5, 0.6) is 0 Å². The van der Waals surface area contributed by atoms with Crippen LogP contribution in [-0.2, 0) is 0 Å². The molecule has 0 atom stereocenters. The van der Waals surface area contributed by atoms with E-state index in [1.807, 2.05) is 29.6 Å². The number of thiazole rings is 1. The fraction of sp³-hybridized carbons (Fsp3) is 0.130. The van der Waals surface area contributed by atoms with E-state index in [1.165, 1.54) is 35.2 Å². The third-order valence-electron chi connectivity index (χ3n) is 4.77. The third-order valence-corrected chi connectivity index (χ3v) is 6.13. The van der Waals surface area contributed by atoms with E-state index >= 15 is 0 Å². The topological polar surface area (TPSA) is 85.9 Å². The summed E-state index contributed by atoms with van der Waals surface area (Å²) in [5.74, 6) is 0.301. The molecule has 0 unspecified atom stereocenters. The first kappa shape index (κ1) is 23.0. The minimum Gasteiger partial charge on any atom is -0.400 e. The molecule has 10 heteroatoms. The maximum Gasteiger partial charge on any atom is 0.433 e. The van der Waals surface area contributed by atoms with Crippen LogP contribution < -0.4 is 4.80 Å². The van der Waals surface area contributed by atoms with Crippen molar-refractivity contribution in [3.8, 4) is 11.3 Å². The van der Waals surface area contributed by atoms with Crippen LogP contribution in [-0.4, -0.2) is 15.8 Å². The predicted octanol–water partition coefficient (Wildman–Crippen LogP) is 7.26. The number of rotatable bonds is 6. The van der Waals surface area contributed by atoms with Crippen LogP contribution in [0, 0.1) is 10.1 Å². The van der Waals surface area contributed by atoms with E-state index in [4.69, 9.17) is 32.6 Å². The van der Waals surface area contributed by atoms with Crippen LogP contribution >= 0.6 is 34.5 Å². The van der Waals surface area contributed by atoms with Gasteiger partial charge in [-0.1, -0.05) is 49.2 Å². The molecular weight excluding hydrogens is 483 g/mol. The Morgan fingerprint density at radius 1 is 1.12 bits per heavy atom. The Balaban J connectivity index is 1.81. The van der Waals surface area contributed by atoms with Crippen molar-refractivity contribution in [3.63, 3.8) is 0 Å². The Kier molecular flexibility index (Phi) is 6.78. The zero-order chi connectivity index (χ0) is 23.5. The maximum atomic E-state index is 10.9. The molecule has 0 radical (unpaired) electrons. The van der Waals surface area contributed by atoms with E-state index in [2.05, 4.69) is 18.9 Å². The van der Waals surface area contributed by atoms with Crippen molar-refractivity contribution >= 4 is 52.3 Å². The van der Waals surface area contributed by atoms with Crippen molar-refractivity contribution in [2.45, 2.75) is 19.8 Å². The zero-order valence-corrected chi connectivity index (χ0v) is 19.9. The van der Waals surface area contributed by atoms with Gasteiger partial charge in [-0.25, -0.2) is 9.67 Å². The normalized spacial score (nSPS) is 12.2. The van der Waals surface area contributed by atoms with E-state index in [1.54, 1.807) is 22.9 Å². The largest absolute Gasteiger partial charge is 0.433 e. The molecule has 0 bridgehead atoms. The Labute approximate surface area is 203 Å². The van der Waals surface area contributed by atoms with Crippen LogP contribution in [0.4, 0.5) is 11.6 Å². The fourth-order valence-electron chi connectivity index (χ4n) is 3.04. The SMILES string of the molecule is CC(C)c1ccc(N=c2scc(-c3ccc(Cl)cc3Cl)n2N=Cc2ccc([N+](=O)[O-])o2)cc1. The van der Waals surface area contributed by atoms with Gasteiger partial charge in [0, 0.05) is 16.0 Å². The highest BCUT2D eigenvalue weighted by Gasteiger charge is 2.13. The molecule has 0 aliphatic carbocycles. The van der Waals surface area contributed by atoms with Gasteiger partial charge in [-0.3, -0.25) is 10.1 Å². The molecule has 0 saturated carbocycles. The van der Waals surface area contributed by atoms with Crippen molar-refractivity contribution in [3.05, 3.63) is 96.3 Å². The molecule has 168 valence electrons. The number of aromatic nitrogens is 1. The number of hydrogen-bond acceptors (Lipinski definition) is 6. The molecular formula is C23H18Cl2N4O3S. The molecule has 2 aromatic carbocycles. The molecule has 0 saturated heterocycles. The number of benzene rings is 2. The van der Waals surface area contributed by atoms with Gasteiger partial charge >= 0.3 is 5.88 Å². The van der Waals surface area contributed by atoms with E-state index < -0.39 is 4.92 Å². The first-order chi connectivity index (χ1) is 15.8. The lowest BCUT2D eigenvalue weighted by atomic mass is 10.0. The Hall–Kier alpha value is -3.20. The average Bonchev–Trinajstić information content (AvgIpc) is 3.40. The molecule has 4 aromatic rings. The van der Waals surface area contributed by atoms with Gasteiger partial charge in [0.1, 0.15) is 4.92 Å². The Bertz CT molecular complexity index is 1400. The van der Waals surface area contributed by atoms with Gasteiger partial charge < -0.3 is 4.42 Å². The summed E-state index contributed by atoms with van der Waals surface area (Å²) in [6.45, 7) is 4.27. The summed E-state index contributed by atoms with van der Waals surface area (Å²) in [5.41, 5.74) is 3.40. The second kappa shape index (κ2) is 9.74. The lowest BCUT2D eigenvalue weighted by Gasteiger charge is -2.06. The van der Waals surface area contributed by atoms with Crippen LogP contribution in [0.2, 0.25) is 10.0 Å². The minimum absolute atomic E-state index is 0.237. The average molecular weight is 501 g/mol. The number of furan rings is 1. The summed E-state index contributed by atoms with van der Waals surface area (Å²) in [6.07, 6.45) is 1.40. The molecule has 0 N–H and O–H groups in total. The summed E-state index contributed by atoms with van der Waals surface area (Å²) in [7, 11) is 0. The van der Waals surface area contributed by atoms with E-state index in [-0.39, 0.29) is 11.6 Å². The van der Waals surface area contributed by atoms with Gasteiger partial charge in [0.25, 0.3) is 0 Å². The first-order valence-corrected chi connectivity index (χ1v) is 11.5. The van der Waals surface area contributed by atoms with Crippen LogP contribution in [0.1, 0.15) is 31.1 Å². The number of nitro groups is 1. The number of nitrogens with zero attached hydrogens (tertiary/aromatic N) is 4. The van der Waals surface area contributed by atoms with Crippen LogP contribution in [0.3, 0.4) is 0 Å². The molecule has 2 aromatic heterocycles. The number of hydrogen-bond donors (Lipinski definition) is 0.